The van der Waals surface area contributed by atoms with E-state index in [4.69, 9.17) is 4.74 Å². The van der Waals surface area contributed by atoms with E-state index < -0.39 is 0 Å². The van der Waals surface area contributed by atoms with Crippen LogP contribution in [0.3, 0.4) is 0 Å². The number of ether oxygens (including phenoxy) is 1. The first-order valence-electron chi connectivity index (χ1n) is 5.08. The predicted octanol–water partition coefficient (Wildman–Crippen LogP) is 1.27. The fraction of sp³-hybridized carbons (Fsp3) is 1.00. The van der Waals surface area contributed by atoms with Gasteiger partial charge < -0.3 is 10.1 Å². The molecule has 2 nitrogen and oxygen atoms in total. The maximum absolute atomic E-state index is 5.43. The minimum absolute atomic E-state index is 0.764. The van der Waals surface area contributed by atoms with Crippen molar-refractivity contribution in [3.8, 4) is 0 Å². The van der Waals surface area contributed by atoms with Crippen LogP contribution in [0.5, 0.6) is 0 Å². The zero-order valence-corrected chi connectivity index (χ0v) is 8.05. The first-order valence-corrected chi connectivity index (χ1v) is 5.08. The van der Waals surface area contributed by atoms with Crippen LogP contribution in [-0.2, 0) is 4.74 Å². The molecule has 1 saturated heterocycles. The van der Waals surface area contributed by atoms with Gasteiger partial charge in [0.2, 0.25) is 0 Å². The van der Waals surface area contributed by atoms with Gasteiger partial charge in [0.05, 0.1) is 6.61 Å². The molecule has 0 aromatic heterocycles. The molecule has 1 heterocycles. The van der Waals surface area contributed by atoms with Crippen molar-refractivity contribution < 1.29 is 4.74 Å². The number of hydrogen-bond acceptors (Lipinski definition) is 2. The van der Waals surface area contributed by atoms with Crippen molar-refractivity contribution in [2.45, 2.75) is 26.3 Å². The maximum atomic E-state index is 5.43. The van der Waals surface area contributed by atoms with Crippen molar-refractivity contribution in [1.82, 2.24) is 5.32 Å². The Kier molecular flexibility index (Phi) is 2.37. The van der Waals surface area contributed by atoms with Crippen LogP contribution in [0.15, 0.2) is 0 Å². The summed E-state index contributed by atoms with van der Waals surface area (Å²) in [5.41, 5.74) is 0. The van der Waals surface area contributed by atoms with Gasteiger partial charge in [-0.2, -0.15) is 0 Å². The van der Waals surface area contributed by atoms with Crippen LogP contribution in [0.25, 0.3) is 0 Å². The van der Waals surface area contributed by atoms with E-state index >= 15 is 0 Å². The molecule has 0 spiro atoms. The van der Waals surface area contributed by atoms with Gasteiger partial charge in [0, 0.05) is 18.6 Å². The Labute approximate surface area is 74.7 Å². The third-order valence-corrected chi connectivity index (χ3v) is 3.11. The SMILES string of the molecule is CC(C)CNC1CC2COCC21. The van der Waals surface area contributed by atoms with Crippen LogP contribution < -0.4 is 5.32 Å². The topological polar surface area (TPSA) is 21.3 Å². The summed E-state index contributed by atoms with van der Waals surface area (Å²) >= 11 is 0. The van der Waals surface area contributed by atoms with Crippen molar-refractivity contribution in [3.63, 3.8) is 0 Å². The fourth-order valence-electron chi connectivity index (χ4n) is 2.23. The maximum Gasteiger partial charge on any atom is 0.0512 e. The van der Waals surface area contributed by atoms with Crippen LogP contribution in [-0.4, -0.2) is 25.8 Å². The van der Waals surface area contributed by atoms with Gasteiger partial charge in [-0.05, 0) is 24.8 Å². The Bertz CT molecular complexity index is 158. The summed E-state index contributed by atoms with van der Waals surface area (Å²) < 4.78 is 5.43. The second-order valence-electron chi connectivity index (χ2n) is 4.61. The molecular formula is C10H19NO. The van der Waals surface area contributed by atoms with Crippen molar-refractivity contribution in [3.05, 3.63) is 0 Å². The Morgan fingerprint density at radius 3 is 2.92 bits per heavy atom. The third kappa shape index (κ3) is 1.50. The Morgan fingerprint density at radius 1 is 1.42 bits per heavy atom. The van der Waals surface area contributed by atoms with Gasteiger partial charge in [-0.3, -0.25) is 0 Å². The zero-order chi connectivity index (χ0) is 8.55. The molecule has 0 bridgehead atoms. The lowest BCUT2D eigenvalue weighted by atomic mass is 9.71. The first kappa shape index (κ1) is 8.52. The summed E-state index contributed by atoms with van der Waals surface area (Å²) in [6, 6.07) is 0.764. The summed E-state index contributed by atoms with van der Waals surface area (Å²) in [5.74, 6) is 2.49. The molecule has 2 aliphatic rings. The van der Waals surface area contributed by atoms with Crippen LogP contribution >= 0.6 is 0 Å². The van der Waals surface area contributed by atoms with Crippen molar-refractivity contribution in [2.75, 3.05) is 19.8 Å². The van der Waals surface area contributed by atoms with E-state index in [9.17, 15) is 0 Å². The quantitative estimate of drug-likeness (QED) is 0.687. The number of hydrogen-bond donors (Lipinski definition) is 1. The molecule has 3 unspecified atom stereocenters. The lowest BCUT2D eigenvalue weighted by molar-refractivity contribution is 0.151. The lowest BCUT2D eigenvalue weighted by Gasteiger charge is -2.39. The molecule has 2 heteroatoms. The molecule has 3 atom stereocenters. The Balaban J connectivity index is 1.70. The minimum Gasteiger partial charge on any atom is -0.381 e. The molecule has 2 fully saturated rings. The van der Waals surface area contributed by atoms with Gasteiger partial charge in [0.25, 0.3) is 0 Å². The number of nitrogens with one attached hydrogen (secondary N) is 1. The smallest absolute Gasteiger partial charge is 0.0512 e. The van der Waals surface area contributed by atoms with Crippen LogP contribution in [0.1, 0.15) is 20.3 Å². The average Bonchev–Trinajstić information content (AvgIpc) is 2.32. The molecule has 1 aliphatic carbocycles. The van der Waals surface area contributed by atoms with Crippen LogP contribution in [0.2, 0.25) is 0 Å². The minimum atomic E-state index is 0.764. The normalized spacial score (nSPS) is 39.8. The zero-order valence-electron chi connectivity index (χ0n) is 8.05. The number of rotatable bonds is 3. The summed E-state index contributed by atoms with van der Waals surface area (Å²) in [6.07, 6.45) is 1.34. The van der Waals surface area contributed by atoms with Gasteiger partial charge in [-0.15, -0.1) is 0 Å². The van der Waals surface area contributed by atoms with E-state index in [2.05, 4.69) is 19.2 Å². The van der Waals surface area contributed by atoms with E-state index in [0.717, 1.165) is 43.6 Å². The summed E-state index contributed by atoms with van der Waals surface area (Å²) in [4.78, 5) is 0. The van der Waals surface area contributed by atoms with Gasteiger partial charge in [-0.25, -0.2) is 0 Å². The molecule has 70 valence electrons. The second kappa shape index (κ2) is 3.35. The molecule has 0 aromatic carbocycles. The number of fused-ring (bicyclic) bond motifs is 1. The fourth-order valence-corrected chi connectivity index (χ4v) is 2.23. The predicted molar refractivity (Wildman–Crippen MR) is 49.0 cm³/mol. The molecule has 1 saturated carbocycles. The van der Waals surface area contributed by atoms with Crippen molar-refractivity contribution >= 4 is 0 Å². The molecule has 1 aliphatic heterocycles. The van der Waals surface area contributed by atoms with Crippen LogP contribution in [0.4, 0.5) is 0 Å². The molecule has 0 aromatic rings. The van der Waals surface area contributed by atoms with Crippen molar-refractivity contribution in [1.29, 1.82) is 0 Å². The van der Waals surface area contributed by atoms with Gasteiger partial charge >= 0.3 is 0 Å². The highest BCUT2D eigenvalue weighted by atomic mass is 16.5. The summed E-state index contributed by atoms with van der Waals surface area (Å²) in [6.45, 7) is 7.70. The van der Waals surface area contributed by atoms with E-state index in [1.54, 1.807) is 0 Å². The van der Waals surface area contributed by atoms with Gasteiger partial charge in [0.1, 0.15) is 0 Å². The van der Waals surface area contributed by atoms with Gasteiger partial charge in [0.15, 0.2) is 0 Å². The van der Waals surface area contributed by atoms with Crippen LogP contribution in [0, 0.1) is 17.8 Å². The molecule has 2 rings (SSSR count). The third-order valence-electron chi connectivity index (χ3n) is 3.11. The molecule has 0 radical (unpaired) electrons. The Hall–Kier alpha value is -0.0800. The highest BCUT2D eigenvalue weighted by Gasteiger charge is 2.44. The monoisotopic (exact) mass is 169 g/mol. The first-order chi connectivity index (χ1) is 5.77. The van der Waals surface area contributed by atoms with E-state index in [1.165, 1.54) is 6.42 Å². The lowest BCUT2D eigenvalue weighted by Crippen LogP contribution is -2.50. The van der Waals surface area contributed by atoms with E-state index in [-0.39, 0.29) is 0 Å². The van der Waals surface area contributed by atoms with Gasteiger partial charge in [-0.1, -0.05) is 13.8 Å². The molecule has 0 amide bonds. The van der Waals surface area contributed by atoms with E-state index in [1.807, 2.05) is 0 Å². The van der Waals surface area contributed by atoms with E-state index in [0.29, 0.717) is 0 Å². The molecular weight excluding hydrogens is 150 g/mol. The second-order valence-corrected chi connectivity index (χ2v) is 4.61. The molecule has 12 heavy (non-hydrogen) atoms. The Morgan fingerprint density at radius 2 is 2.25 bits per heavy atom. The largest absolute Gasteiger partial charge is 0.381 e. The summed E-state index contributed by atoms with van der Waals surface area (Å²) in [5, 5.41) is 3.61. The average molecular weight is 169 g/mol. The molecule has 1 N–H and O–H groups in total. The summed E-state index contributed by atoms with van der Waals surface area (Å²) in [7, 11) is 0. The highest BCUT2D eigenvalue weighted by Crippen LogP contribution is 2.39. The highest BCUT2D eigenvalue weighted by molar-refractivity contribution is 4.96. The standard InChI is InChI=1S/C10H19NO/c1-7(2)4-11-10-3-8-5-12-6-9(8)10/h7-11H,3-6H2,1-2H3. The van der Waals surface area contributed by atoms with Crippen molar-refractivity contribution in [2.24, 2.45) is 17.8 Å².